The number of nitrogens with two attached hydrogens (primary N) is 1. The first-order valence-electron chi connectivity index (χ1n) is 8.77. The highest BCUT2D eigenvalue weighted by atomic mass is 19.4. The van der Waals surface area contributed by atoms with E-state index in [4.69, 9.17) is 15.2 Å². The molecule has 0 saturated carbocycles. The number of benzene rings is 1. The van der Waals surface area contributed by atoms with E-state index in [1.165, 1.54) is 0 Å². The van der Waals surface area contributed by atoms with Crippen LogP contribution in [0.3, 0.4) is 0 Å². The van der Waals surface area contributed by atoms with E-state index in [0.29, 0.717) is 43.7 Å². The molecule has 0 amide bonds. The summed E-state index contributed by atoms with van der Waals surface area (Å²) in [5.74, 6) is -0.313. The minimum atomic E-state index is -4.10. The lowest BCUT2D eigenvalue weighted by atomic mass is 9.88. The molecule has 1 aromatic rings. The fourth-order valence-electron chi connectivity index (χ4n) is 3.84. The third kappa shape index (κ3) is 3.97. The van der Waals surface area contributed by atoms with Crippen molar-refractivity contribution in [3.8, 4) is 5.75 Å². The molecule has 0 atom stereocenters. The molecule has 0 bridgehead atoms. The van der Waals surface area contributed by atoms with Gasteiger partial charge in [0.1, 0.15) is 5.75 Å². The minimum absolute atomic E-state index is 0.128. The van der Waals surface area contributed by atoms with Crippen LogP contribution in [0.4, 0.5) is 24.5 Å². The summed E-state index contributed by atoms with van der Waals surface area (Å²) in [5, 5.41) is 0. The lowest BCUT2D eigenvalue weighted by Crippen LogP contribution is -2.39. The molecule has 140 valence electrons. The van der Waals surface area contributed by atoms with Gasteiger partial charge in [0.2, 0.25) is 0 Å². The van der Waals surface area contributed by atoms with Crippen LogP contribution in [0.5, 0.6) is 5.75 Å². The van der Waals surface area contributed by atoms with Crippen LogP contribution in [0.2, 0.25) is 0 Å². The number of alkyl halides is 3. The van der Waals surface area contributed by atoms with Crippen LogP contribution in [0, 0.1) is 5.92 Å². The molecule has 1 aromatic carbocycles. The van der Waals surface area contributed by atoms with Crippen molar-refractivity contribution in [3.05, 3.63) is 17.7 Å². The fraction of sp³-hybridized carbons (Fsp3) is 0.667. The predicted octanol–water partition coefficient (Wildman–Crippen LogP) is 3.95. The first-order valence-corrected chi connectivity index (χ1v) is 8.77. The molecule has 2 saturated heterocycles. The van der Waals surface area contributed by atoms with Gasteiger partial charge >= 0.3 is 6.18 Å². The zero-order valence-electron chi connectivity index (χ0n) is 14.4. The highest BCUT2D eigenvalue weighted by Gasteiger charge is 2.41. The molecule has 2 aliphatic heterocycles. The maximum atomic E-state index is 12.9. The summed E-state index contributed by atoms with van der Waals surface area (Å²) in [4.78, 5) is 2.05. The molecule has 0 radical (unpaired) electrons. The van der Waals surface area contributed by atoms with Gasteiger partial charge in [-0.25, -0.2) is 0 Å². The smallest absolute Gasteiger partial charge is 0.391 e. The van der Waals surface area contributed by atoms with E-state index >= 15 is 0 Å². The summed E-state index contributed by atoms with van der Waals surface area (Å²) in [6.45, 7) is 2.19. The normalized spacial score (nSPS) is 20.7. The Morgan fingerprint density at radius 3 is 2.32 bits per heavy atom. The molecule has 3 rings (SSSR count). The summed E-state index contributed by atoms with van der Waals surface area (Å²) >= 11 is 0. The van der Waals surface area contributed by atoms with E-state index in [0.717, 1.165) is 24.1 Å². The second kappa shape index (κ2) is 7.32. The Morgan fingerprint density at radius 2 is 1.76 bits per heavy atom. The molecule has 25 heavy (non-hydrogen) atoms. The largest absolute Gasteiger partial charge is 0.495 e. The van der Waals surface area contributed by atoms with Crippen LogP contribution in [0.15, 0.2) is 12.1 Å². The Hall–Kier alpha value is -1.63. The van der Waals surface area contributed by atoms with Crippen LogP contribution >= 0.6 is 0 Å². The van der Waals surface area contributed by atoms with Gasteiger partial charge in [0.15, 0.2) is 0 Å². The molecule has 0 unspecified atom stereocenters. The zero-order valence-corrected chi connectivity index (χ0v) is 14.4. The van der Waals surface area contributed by atoms with Crippen LogP contribution in [0.25, 0.3) is 0 Å². The van der Waals surface area contributed by atoms with Crippen molar-refractivity contribution in [3.63, 3.8) is 0 Å². The molecule has 2 aliphatic rings. The van der Waals surface area contributed by atoms with Crippen molar-refractivity contribution in [2.75, 3.05) is 44.0 Å². The Bertz CT molecular complexity index is 593. The first-order chi connectivity index (χ1) is 11.9. The van der Waals surface area contributed by atoms with Gasteiger partial charge in [-0.05, 0) is 43.2 Å². The van der Waals surface area contributed by atoms with Crippen molar-refractivity contribution in [1.82, 2.24) is 0 Å². The molecule has 2 fully saturated rings. The molecule has 2 heterocycles. The number of halogens is 3. The molecule has 0 aromatic heterocycles. The lowest BCUT2D eigenvalue weighted by molar-refractivity contribution is -0.179. The van der Waals surface area contributed by atoms with Gasteiger partial charge in [0.25, 0.3) is 0 Å². The molecular formula is C18H25F3N2O2. The van der Waals surface area contributed by atoms with Gasteiger partial charge < -0.3 is 20.1 Å². The van der Waals surface area contributed by atoms with E-state index < -0.39 is 12.1 Å². The van der Waals surface area contributed by atoms with Crippen LogP contribution in [0.1, 0.15) is 37.2 Å². The highest BCUT2D eigenvalue weighted by Crippen LogP contribution is 2.42. The van der Waals surface area contributed by atoms with Gasteiger partial charge in [0, 0.05) is 38.1 Å². The van der Waals surface area contributed by atoms with Gasteiger partial charge in [-0.15, -0.1) is 0 Å². The third-order valence-electron chi connectivity index (χ3n) is 5.34. The molecule has 0 aliphatic carbocycles. The summed E-state index contributed by atoms with van der Waals surface area (Å²) in [5.41, 5.74) is 8.72. The van der Waals surface area contributed by atoms with Crippen LogP contribution < -0.4 is 15.4 Å². The van der Waals surface area contributed by atoms with Gasteiger partial charge in [-0.2, -0.15) is 13.2 Å². The Morgan fingerprint density at radius 1 is 1.12 bits per heavy atom. The number of hydrogen-bond donors (Lipinski definition) is 1. The van der Waals surface area contributed by atoms with Gasteiger partial charge in [0.05, 0.1) is 18.7 Å². The topological polar surface area (TPSA) is 47.7 Å². The summed E-state index contributed by atoms with van der Waals surface area (Å²) < 4.78 is 49.6. The number of rotatable bonds is 3. The first kappa shape index (κ1) is 18.2. The van der Waals surface area contributed by atoms with E-state index in [2.05, 4.69) is 4.90 Å². The quantitative estimate of drug-likeness (QED) is 0.831. The minimum Gasteiger partial charge on any atom is -0.495 e. The van der Waals surface area contributed by atoms with Crippen LogP contribution in [-0.2, 0) is 4.74 Å². The van der Waals surface area contributed by atoms with Crippen molar-refractivity contribution in [1.29, 1.82) is 0 Å². The average Bonchev–Trinajstić information content (AvgIpc) is 2.61. The number of nitrogens with zero attached hydrogens (tertiary/aromatic N) is 1. The highest BCUT2D eigenvalue weighted by molar-refractivity contribution is 5.68. The molecule has 0 spiro atoms. The summed E-state index contributed by atoms with van der Waals surface area (Å²) in [6.07, 6.45) is -2.04. The van der Waals surface area contributed by atoms with Crippen molar-refractivity contribution in [2.24, 2.45) is 5.92 Å². The van der Waals surface area contributed by atoms with Crippen LogP contribution in [-0.4, -0.2) is 39.6 Å². The Kier molecular flexibility index (Phi) is 5.32. The molecule has 7 heteroatoms. The van der Waals surface area contributed by atoms with E-state index in [9.17, 15) is 13.2 Å². The van der Waals surface area contributed by atoms with Crippen molar-refractivity contribution >= 4 is 11.4 Å². The summed E-state index contributed by atoms with van der Waals surface area (Å²) in [7, 11) is 1.56. The monoisotopic (exact) mass is 358 g/mol. The van der Waals surface area contributed by atoms with E-state index in [1.807, 2.05) is 12.1 Å². The lowest BCUT2D eigenvalue weighted by Gasteiger charge is -2.37. The Labute approximate surface area is 146 Å². The number of methoxy groups -OCH3 is 1. The van der Waals surface area contributed by atoms with Gasteiger partial charge in [-0.3, -0.25) is 0 Å². The number of hydrogen-bond acceptors (Lipinski definition) is 4. The van der Waals surface area contributed by atoms with Crippen molar-refractivity contribution < 1.29 is 22.6 Å². The predicted molar refractivity (Wildman–Crippen MR) is 91.2 cm³/mol. The standard InChI is InChI=1S/C18H25F3N2O2/c1-24-17-11-16(23-6-2-13(3-7-23)18(19,20)21)14(10-15(17)22)12-4-8-25-9-5-12/h10-13H,2-9,22H2,1H3. The van der Waals surface area contributed by atoms with E-state index in [1.54, 1.807) is 7.11 Å². The number of piperidine rings is 1. The summed E-state index contributed by atoms with van der Waals surface area (Å²) in [6, 6.07) is 3.81. The van der Waals surface area contributed by atoms with E-state index in [-0.39, 0.29) is 12.8 Å². The SMILES string of the molecule is COc1cc(N2CCC(C(F)(F)F)CC2)c(C2CCOCC2)cc1N. The molecule has 4 nitrogen and oxygen atoms in total. The zero-order chi connectivity index (χ0) is 18.0. The number of anilines is 2. The molecule has 2 N–H and O–H groups in total. The second-order valence-electron chi connectivity index (χ2n) is 6.84. The molecular weight excluding hydrogens is 333 g/mol. The maximum Gasteiger partial charge on any atom is 0.391 e. The van der Waals surface area contributed by atoms with Gasteiger partial charge in [-0.1, -0.05) is 0 Å². The maximum absolute atomic E-state index is 12.9. The number of nitrogen functional groups attached to an aromatic ring is 1. The average molecular weight is 358 g/mol. The number of ether oxygens (including phenoxy) is 2. The second-order valence-corrected chi connectivity index (χ2v) is 6.84. The Balaban J connectivity index is 1.86. The fourth-order valence-corrected chi connectivity index (χ4v) is 3.84. The van der Waals surface area contributed by atoms with Crippen molar-refractivity contribution in [2.45, 2.75) is 37.8 Å². The third-order valence-corrected chi connectivity index (χ3v) is 5.34.